The van der Waals surface area contributed by atoms with Crippen molar-refractivity contribution in [2.75, 3.05) is 4.72 Å². The van der Waals surface area contributed by atoms with Gasteiger partial charge in [0.25, 0.3) is 10.0 Å². The Morgan fingerprint density at radius 2 is 1.82 bits per heavy atom. The first-order valence-corrected chi connectivity index (χ1v) is 11.0. The van der Waals surface area contributed by atoms with Crippen LogP contribution in [-0.2, 0) is 21.2 Å². The average molecular weight is 476 g/mol. The Morgan fingerprint density at radius 3 is 2.52 bits per heavy atom. The van der Waals surface area contributed by atoms with Crippen molar-refractivity contribution in [3.8, 4) is 5.75 Å². The Labute approximate surface area is 213 Å². The fraction of sp³-hybridized carbons (Fsp3) is 0.0909. The van der Waals surface area contributed by atoms with E-state index in [0.29, 0.717) is 16.8 Å². The van der Waals surface area contributed by atoms with Crippen LogP contribution in [0.1, 0.15) is 17.0 Å². The zero-order chi connectivity index (χ0) is 23.1. The van der Waals surface area contributed by atoms with E-state index < -0.39 is 21.9 Å². The van der Waals surface area contributed by atoms with E-state index in [1.165, 1.54) is 42.7 Å². The molecule has 33 heavy (non-hydrogen) atoms. The summed E-state index contributed by atoms with van der Waals surface area (Å²) in [5.74, 6) is 2.67. The summed E-state index contributed by atoms with van der Waals surface area (Å²) < 4.78 is 28.1. The molecule has 0 saturated heterocycles. The summed E-state index contributed by atoms with van der Waals surface area (Å²) in [6.07, 6.45) is 1.20. The number of carbonyl (C=O) groups excluding carboxylic acids is 1. The van der Waals surface area contributed by atoms with Gasteiger partial charge in [0.1, 0.15) is 12.1 Å². The molecule has 0 aromatic heterocycles. The summed E-state index contributed by atoms with van der Waals surface area (Å²) in [4.78, 5) is 15.7. The van der Waals surface area contributed by atoms with Crippen molar-refractivity contribution >= 4 is 33.7 Å². The number of phenolic OH excluding ortho intramolecular Hbond substituents is 1. The molecule has 11 heteroatoms. The van der Waals surface area contributed by atoms with Gasteiger partial charge in [-0.3, -0.25) is 4.72 Å². The normalized spacial score (nSPS) is 12.0. The van der Waals surface area contributed by atoms with Gasteiger partial charge in [-0.05, 0) is 53.9 Å². The number of carboxylic acid groups (broad SMARTS) is 1. The third-order valence-electron chi connectivity index (χ3n) is 4.66. The van der Waals surface area contributed by atoms with Gasteiger partial charge >= 0.3 is 29.6 Å². The summed E-state index contributed by atoms with van der Waals surface area (Å²) >= 11 is 0. The second-order valence-corrected chi connectivity index (χ2v) is 8.54. The van der Waals surface area contributed by atoms with E-state index in [9.17, 15) is 23.4 Å². The number of nitrogens with zero attached hydrogens (tertiary/aromatic N) is 1. The molecule has 0 fully saturated rings. The van der Waals surface area contributed by atoms with Crippen LogP contribution in [0.25, 0.3) is 0 Å². The van der Waals surface area contributed by atoms with Crippen molar-refractivity contribution in [3.05, 3.63) is 83.9 Å². The summed E-state index contributed by atoms with van der Waals surface area (Å²) in [5, 5.41) is 21.8. The molecule has 3 aromatic carbocycles. The summed E-state index contributed by atoms with van der Waals surface area (Å²) in [5.41, 5.74) is 3.57. The molecule has 3 rings (SSSR count). The van der Waals surface area contributed by atoms with E-state index in [4.69, 9.17) is 5.84 Å². The van der Waals surface area contributed by atoms with Crippen molar-refractivity contribution in [2.45, 2.75) is 17.2 Å². The van der Waals surface area contributed by atoms with Gasteiger partial charge in [-0.2, -0.15) is 0 Å². The number of para-hydroxylation sites is 1. The molecule has 166 valence electrons. The van der Waals surface area contributed by atoms with Crippen LogP contribution < -0.4 is 50.7 Å². The van der Waals surface area contributed by atoms with Crippen LogP contribution in [0.5, 0.6) is 5.75 Å². The Kier molecular flexibility index (Phi) is 9.44. The number of hydrogen-bond acceptors (Lipinski definition) is 7. The number of sulfonamides is 1. The Hall–Kier alpha value is -2.89. The van der Waals surface area contributed by atoms with E-state index in [1.807, 2.05) is 0 Å². The number of carboxylic acids is 1. The van der Waals surface area contributed by atoms with Crippen LogP contribution in [0.2, 0.25) is 0 Å². The van der Waals surface area contributed by atoms with Gasteiger partial charge in [0.2, 0.25) is 0 Å². The minimum absolute atomic E-state index is 0. The molecule has 1 unspecified atom stereocenters. The van der Waals surface area contributed by atoms with Gasteiger partial charge in [-0.1, -0.05) is 36.4 Å². The summed E-state index contributed by atoms with van der Waals surface area (Å²) in [6.45, 7) is 0. The number of rotatable bonds is 9. The third kappa shape index (κ3) is 7.04. The number of nitrogens with one attached hydrogen (secondary N) is 2. The predicted octanol–water partition coefficient (Wildman–Crippen LogP) is -1.60. The Bertz CT molecular complexity index is 1250. The number of hydrazine groups is 1. The van der Waals surface area contributed by atoms with Gasteiger partial charge in [0, 0.05) is 17.6 Å². The predicted molar refractivity (Wildman–Crippen MR) is 119 cm³/mol. The molecule has 0 aliphatic carbocycles. The fourth-order valence-electron chi connectivity index (χ4n) is 3.12. The van der Waals surface area contributed by atoms with Crippen LogP contribution >= 0.6 is 0 Å². The largest absolute Gasteiger partial charge is 1.00 e. The number of anilines is 1. The number of carbonyl (C=O) groups is 1. The molecule has 9 nitrogen and oxygen atoms in total. The fourth-order valence-corrected chi connectivity index (χ4v) is 4.21. The number of nitrogens with two attached hydrogens (primary N) is 1. The second kappa shape index (κ2) is 11.8. The smallest absolute Gasteiger partial charge is 0.549 e. The molecular formula is C22H21N4NaO5S. The first kappa shape index (κ1) is 26.4. The molecule has 3 aromatic rings. The third-order valence-corrected chi connectivity index (χ3v) is 6.04. The minimum Gasteiger partial charge on any atom is -0.549 e. The quantitative estimate of drug-likeness (QED) is 0.0952. The van der Waals surface area contributed by atoms with Crippen LogP contribution in [0, 0.1) is 0 Å². The maximum atomic E-state index is 12.8. The molecule has 0 aliphatic rings. The van der Waals surface area contributed by atoms with Gasteiger partial charge in [0.05, 0.1) is 10.6 Å². The van der Waals surface area contributed by atoms with E-state index in [2.05, 4.69) is 15.1 Å². The maximum absolute atomic E-state index is 12.8. The SMILES string of the molecule is NNC=Nc1cccc(S(=O)(=O)Nc2cccc(C(Cc3ccccc3O)C(=O)[O-])c2)c1.[Na+]. The number of aliphatic carboxylic acids is 1. The number of aliphatic imine (C=N–C) groups is 1. The Balaban J connectivity index is 0.00000385. The summed E-state index contributed by atoms with van der Waals surface area (Å²) in [6, 6.07) is 18.4. The molecule has 0 saturated carbocycles. The summed E-state index contributed by atoms with van der Waals surface area (Å²) in [7, 11) is -3.97. The molecule has 5 N–H and O–H groups in total. The Morgan fingerprint density at radius 1 is 1.09 bits per heavy atom. The van der Waals surface area contributed by atoms with Crippen molar-refractivity contribution in [1.82, 2.24) is 5.43 Å². The maximum Gasteiger partial charge on any atom is 1.00 e. The van der Waals surface area contributed by atoms with Crippen LogP contribution in [0.15, 0.2) is 82.7 Å². The van der Waals surface area contributed by atoms with Gasteiger partial charge < -0.3 is 20.4 Å². The number of hydrogen-bond donors (Lipinski definition) is 4. The van der Waals surface area contributed by atoms with E-state index in [-0.39, 0.29) is 52.3 Å². The minimum atomic E-state index is -3.97. The molecule has 0 spiro atoms. The molecular weight excluding hydrogens is 455 g/mol. The zero-order valence-electron chi connectivity index (χ0n) is 17.8. The van der Waals surface area contributed by atoms with Crippen LogP contribution in [0.3, 0.4) is 0 Å². The molecule has 1 atom stereocenters. The molecule has 0 aliphatic heterocycles. The van der Waals surface area contributed by atoms with Crippen LogP contribution in [0.4, 0.5) is 11.4 Å². The zero-order valence-corrected chi connectivity index (χ0v) is 20.6. The second-order valence-electron chi connectivity index (χ2n) is 6.86. The van der Waals surface area contributed by atoms with Crippen molar-refractivity contribution in [3.63, 3.8) is 0 Å². The van der Waals surface area contributed by atoms with Gasteiger partial charge in [-0.15, -0.1) is 0 Å². The average Bonchev–Trinajstić information content (AvgIpc) is 2.77. The van der Waals surface area contributed by atoms with Crippen LogP contribution in [-0.4, -0.2) is 25.8 Å². The first-order valence-electron chi connectivity index (χ1n) is 9.49. The van der Waals surface area contributed by atoms with Crippen molar-refractivity contribution in [2.24, 2.45) is 10.8 Å². The topological polar surface area (TPSA) is 157 Å². The number of aromatic hydroxyl groups is 1. The first-order chi connectivity index (χ1) is 15.3. The molecule has 0 heterocycles. The molecule has 0 bridgehead atoms. The van der Waals surface area contributed by atoms with E-state index >= 15 is 0 Å². The number of phenols is 1. The molecule has 0 amide bonds. The van der Waals surface area contributed by atoms with E-state index in [1.54, 1.807) is 36.4 Å². The number of benzene rings is 3. The standard InChI is InChI=1S/C22H22N4O5S.Na/c23-25-14-24-17-7-4-9-19(13-17)32(30,31)26-18-8-3-6-15(11-18)20(22(28)29)12-16-5-1-2-10-21(16)27;/h1-11,13-14,20,26-27H,12,23H2,(H,24,25)(H,28,29);/q;+1/p-1. The monoisotopic (exact) mass is 476 g/mol. The van der Waals surface area contributed by atoms with Gasteiger partial charge in [0.15, 0.2) is 0 Å². The van der Waals surface area contributed by atoms with Gasteiger partial charge in [-0.25, -0.2) is 19.3 Å². The van der Waals surface area contributed by atoms with E-state index in [0.717, 1.165) is 0 Å². The van der Waals surface area contributed by atoms with Crippen molar-refractivity contribution < 1.29 is 53.0 Å². The molecule has 0 radical (unpaired) electrons. The van der Waals surface area contributed by atoms with Crippen molar-refractivity contribution in [1.29, 1.82) is 0 Å².